The summed E-state index contributed by atoms with van der Waals surface area (Å²) in [5.74, 6) is 0. The molecule has 8 aromatic carbocycles. The molecule has 0 fully saturated rings. The van der Waals surface area contributed by atoms with Crippen molar-refractivity contribution in [3.8, 4) is 27.9 Å². The highest BCUT2D eigenvalue weighted by Gasteiger charge is 2.21. The molecule has 0 aliphatic carbocycles. The third-order valence-electron chi connectivity index (χ3n) is 10.2. The van der Waals surface area contributed by atoms with E-state index in [1.54, 1.807) is 0 Å². The van der Waals surface area contributed by atoms with Crippen molar-refractivity contribution >= 4 is 74.9 Å². The minimum absolute atomic E-state index is 1.23. The topological polar surface area (TPSA) is 4.93 Å². The molecule has 0 bridgehead atoms. The Balaban J connectivity index is 1.26. The molecule has 226 valence electrons. The predicted molar refractivity (Wildman–Crippen MR) is 209 cm³/mol. The number of hydrogen-bond acceptors (Lipinski definition) is 1. The summed E-state index contributed by atoms with van der Waals surface area (Å²) in [6, 6.07) is 55.9. The maximum atomic E-state index is 2.50. The van der Waals surface area contributed by atoms with Crippen molar-refractivity contribution < 1.29 is 0 Å². The highest BCUT2D eigenvalue weighted by Crippen LogP contribution is 2.47. The lowest BCUT2D eigenvalue weighted by Crippen LogP contribution is -2.00. The molecule has 10 rings (SSSR count). The molecular formula is C46H31NS. The lowest BCUT2D eigenvalue weighted by Gasteiger charge is -2.20. The summed E-state index contributed by atoms with van der Waals surface area (Å²) in [5, 5.41) is 10.5. The van der Waals surface area contributed by atoms with Gasteiger partial charge in [-0.2, -0.15) is 0 Å². The molecular weight excluding hydrogens is 599 g/mol. The zero-order chi connectivity index (χ0) is 31.9. The van der Waals surface area contributed by atoms with E-state index in [4.69, 9.17) is 0 Å². The first-order valence-corrected chi connectivity index (χ1v) is 17.4. The summed E-state index contributed by atoms with van der Waals surface area (Å²) in [7, 11) is 0. The van der Waals surface area contributed by atoms with Crippen molar-refractivity contribution in [3.63, 3.8) is 0 Å². The van der Waals surface area contributed by atoms with Crippen LogP contribution < -0.4 is 0 Å². The van der Waals surface area contributed by atoms with E-state index < -0.39 is 0 Å². The number of nitrogens with zero attached hydrogens (tertiary/aromatic N) is 1. The fourth-order valence-electron chi connectivity index (χ4n) is 8.14. The summed E-state index contributed by atoms with van der Waals surface area (Å²) < 4.78 is 5.20. The number of fused-ring (bicyclic) bond motifs is 9. The quantitative estimate of drug-likeness (QED) is 0.171. The number of para-hydroxylation sites is 1. The van der Waals surface area contributed by atoms with Crippen molar-refractivity contribution in [3.05, 3.63) is 163 Å². The van der Waals surface area contributed by atoms with Gasteiger partial charge in [-0.15, -0.1) is 11.3 Å². The normalized spacial score (nSPS) is 12.0. The fraction of sp³-hybridized carbons (Fsp3) is 0.0435. The van der Waals surface area contributed by atoms with Gasteiger partial charge in [-0.1, -0.05) is 121 Å². The van der Waals surface area contributed by atoms with Crippen LogP contribution in [-0.4, -0.2) is 4.57 Å². The van der Waals surface area contributed by atoms with E-state index in [1.165, 1.54) is 103 Å². The van der Waals surface area contributed by atoms with Crippen LogP contribution in [0.5, 0.6) is 0 Å². The van der Waals surface area contributed by atoms with Gasteiger partial charge in [-0.05, 0) is 99.1 Å². The first-order valence-electron chi connectivity index (χ1n) is 16.6. The number of hydrogen-bond donors (Lipinski definition) is 0. The number of benzene rings is 8. The zero-order valence-corrected chi connectivity index (χ0v) is 27.6. The molecule has 0 amide bonds. The van der Waals surface area contributed by atoms with E-state index in [0.717, 1.165) is 0 Å². The second-order valence-corrected chi connectivity index (χ2v) is 14.0. The van der Waals surface area contributed by atoms with Gasteiger partial charge in [0, 0.05) is 36.6 Å². The number of aryl methyl sites for hydroxylation is 2. The standard InChI is InChI=1S/C46H31NS/c1-28-27-41(47-39-22-12-10-21-37(39)45-40(47)25-24-36-31-16-11-13-23-42(31)48-46(36)45)29(2)26-38(28)44-34-19-8-6-17-32(34)43(30-14-4-3-5-15-30)33-18-7-9-20-35(33)44/h3-27H,1-2H3. The van der Waals surface area contributed by atoms with Crippen molar-refractivity contribution in [1.82, 2.24) is 4.57 Å². The first kappa shape index (κ1) is 27.4. The zero-order valence-electron chi connectivity index (χ0n) is 26.8. The van der Waals surface area contributed by atoms with Crippen molar-refractivity contribution in [2.24, 2.45) is 0 Å². The molecule has 0 unspecified atom stereocenters. The van der Waals surface area contributed by atoms with E-state index in [0.29, 0.717) is 0 Å². The van der Waals surface area contributed by atoms with Crippen molar-refractivity contribution in [1.29, 1.82) is 0 Å². The molecule has 48 heavy (non-hydrogen) atoms. The lowest BCUT2D eigenvalue weighted by molar-refractivity contribution is 1.14. The molecule has 10 aromatic rings. The number of rotatable bonds is 3. The Labute approximate surface area is 282 Å². The van der Waals surface area contributed by atoms with E-state index in [2.05, 4.69) is 170 Å². The van der Waals surface area contributed by atoms with Gasteiger partial charge < -0.3 is 4.57 Å². The van der Waals surface area contributed by atoms with E-state index in [9.17, 15) is 0 Å². The van der Waals surface area contributed by atoms with Crippen LogP contribution in [0.25, 0.3) is 91.5 Å². The van der Waals surface area contributed by atoms with E-state index in [-0.39, 0.29) is 0 Å². The van der Waals surface area contributed by atoms with Gasteiger partial charge in [0.05, 0.1) is 11.0 Å². The Morgan fingerprint density at radius 2 is 1.02 bits per heavy atom. The molecule has 0 saturated carbocycles. The smallest absolute Gasteiger partial charge is 0.0555 e. The van der Waals surface area contributed by atoms with Crippen molar-refractivity contribution in [2.75, 3.05) is 0 Å². The average Bonchev–Trinajstić information content (AvgIpc) is 3.68. The maximum Gasteiger partial charge on any atom is 0.0555 e. The van der Waals surface area contributed by atoms with Crippen LogP contribution in [0.2, 0.25) is 0 Å². The Hall–Kier alpha value is -5.70. The monoisotopic (exact) mass is 629 g/mol. The molecule has 0 N–H and O–H groups in total. The molecule has 2 aromatic heterocycles. The molecule has 1 nitrogen and oxygen atoms in total. The Morgan fingerprint density at radius 3 is 1.73 bits per heavy atom. The second kappa shape index (κ2) is 10.4. The fourth-order valence-corrected chi connectivity index (χ4v) is 9.40. The minimum Gasteiger partial charge on any atom is -0.309 e. The highest BCUT2D eigenvalue weighted by atomic mass is 32.1. The summed E-state index contributed by atoms with van der Waals surface area (Å²) >= 11 is 1.91. The third-order valence-corrected chi connectivity index (χ3v) is 11.4. The summed E-state index contributed by atoms with van der Waals surface area (Å²) in [6.07, 6.45) is 0. The molecule has 0 aliphatic rings. The highest BCUT2D eigenvalue weighted by molar-refractivity contribution is 7.26. The van der Waals surface area contributed by atoms with E-state index in [1.807, 2.05) is 11.3 Å². The third kappa shape index (κ3) is 3.84. The molecule has 0 atom stereocenters. The van der Waals surface area contributed by atoms with Crippen molar-refractivity contribution in [2.45, 2.75) is 13.8 Å². The molecule has 2 heteroatoms. The maximum absolute atomic E-state index is 2.50. The predicted octanol–water partition coefficient (Wildman–Crippen LogP) is 13.4. The van der Waals surface area contributed by atoms with Gasteiger partial charge in [0.1, 0.15) is 0 Å². The minimum atomic E-state index is 1.23. The molecule has 0 aliphatic heterocycles. The van der Waals surface area contributed by atoms with Crippen LogP contribution in [-0.2, 0) is 0 Å². The second-order valence-electron chi connectivity index (χ2n) is 12.9. The summed E-state index contributed by atoms with van der Waals surface area (Å²) in [5.41, 5.74) is 11.4. The van der Waals surface area contributed by atoms with Crippen LogP contribution >= 0.6 is 11.3 Å². The first-order chi connectivity index (χ1) is 23.7. The van der Waals surface area contributed by atoms with E-state index >= 15 is 0 Å². The van der Waals surface area contributed by atoms with Gasteiger partial charge >= 0.3 is 0 Å². The Bertz CT molecular complexity index is 2850. The lowest BCUT2D eigenvalue weighted by atomic mass is 9.84. The molecule has 0 radical (unpaired) electrons. The van der Waals surface area contributed by atoms with Gasteiger partial charge in [0.15, 0.2) is 0 Å². The Morgan fingerprint density at radius 1 is 0.438 bits per heavy atom. The van der Waals surface area contributed by atoms with Crippen LogP contribution in [0, 0.1) is 13.8 Å². The van der Waals surface area contributed by atoms with Crippen LogP contribution in [0.4, 0.5) is 0 Å². The summed E-state index contributed by atoms with van der Waals surface area (Å²) in [6.45, 7) is 4.56. The number of thiophene rings is 1. The summed E-state index contributed by atoms with van der Waals surface area (Å²) in [4.78, 5) is 0. The largest absolute Gasteiger partial charge is 0.309 e. The SMILES string of the molecule is Cc1cc(-n2c3ccccc3c3c4sc5ccccc5c4ccc32)c(C)cc1-c1c2ccccc2c(-c2ccccc2)c2ccccc12. The van der Waals surface area contributed by atoms with Gasteiger partial charge in [-0.25, -0.2) is 0 Å². The molecule has 0 saturated heterocycles. The number of aromatic nitrogens is 1. The van der Waals surface area contributed by atoms with Crippen LogP contribution in [0.3, 0.4) is 0 Å². The van der Waals surface area contributed by atoms with Crippen LogP contribution in [0.15, 0.2) is 152 Å². The molecule has 2 heterocycles. The van der Waals surface area contributed by atoms with Gasteiger partial charge in [-0.3, -0.25) is 0 Å². The van der Waals surface area contributed by atoms with Gasteiger partial charge in [0.25, 0.3) is 0 Å². The van der Waals surface area contributed by atoms with Gasteiger partial charge in [0.2, 0.25) is 0 Å². The molecule has 0 spiro atoms. The van der Waals surface area contributed by atoms with Crippen LogP contribution in [0.1, 0.15) is 11.1 Å². The Kier molecular flexibility index (Phi) is 5.94. The average molecular weight is 630 g/mol.